The fraction of sp³-hybridized carbons (Fsp3) is 0.588. The molecule has 122 valence electrons. The van der Waals surface area contributed by atoms with Gasteiger partial charge < -0.3 is 14.3 Å². The minimum absolute atomic E-state index is 0.0260. The van der Waals surface area contributed by atoms with E-state index in [2.05, 4.69) is 33.1 Å². The summed E-state index contributed by atoms with van der Waals surface area (Å²) >= 11 is 0. The highest BCUT2D eigenvalue weighted by atomic mass is 16.3. The lowest BCUT2D eigenvalue weighted by molar-refractivity contribution is -0.121. The Labute approximate surface area is 135 Å². The second-order valence-electron chi connectivity index (χ2n) is 6.69. The minimum atomic E-state index is 0.0260. The molecule has 1 N–H and O–H groups in total. The number of amides is 1. The third-order valence-corrected chi connectivity index (χ3v) is 4.89. The molecule has 6 heteroatoms. The van der Waals surface area contributed by atoms with Crippen molar-refractivity contribution >= 4 is 5.91 Å². The molecule has 2 aromatic rings. The Morgan fingerprint density at radius 1 is 1.43 bits per heavy atom. The third-order valence-electron chi connectivity index (χ3n) is 4.89. The number of carbonyl (C=O) groups is 1. The van der Waals surface area contributed by atoms with Crippen LogP contribution in [0, 0.1) is 5.92 Å². The van der Waals surface area contributed by atoms with Gasteiger partial charge in [0.1, 0.15) is 17.3 Å². The highest BCUT2D eigenvalue weighted by molar-refractivity contribution is 5.75. The molecule has 0 saturated heterocycles. The molecule has 1 fully saturated rings. The molecule has 3 heterocycles. The Morgan fingerprint density at radius 2 is 2.30 bits per heavy atom. The Morgan fingerprint density at radius 3 is 3.13 bits per heavy atom. The van der Waals surface area contributed by atoms with E-state index in [1.807, 2.05) is 6.07 Å². The van der Waals surface area contributed by atoms with Crippen LogP contribution in [-0.2, 0) is 30.7 Å². The zero-order valence-electron chi connectivity index (χ0n) is 13.4. The Balaban J connectivity index is 1.24. The van der Waals surface area contributed by atoms with Crippen molar-refractivity contribution in [2.75, 3.05) is 0 Å². The van der Waals surface area contributed by atoms with Gasteiger partial charge in [0.25, 0.3) is 0 Å². The van der Waals surface area contributed by atoms with Crippen LogP contribution in [-0.4, -0.2) is 20.7 Å². The lowest BCUT2D eigenvalue weighted by atomic mass is 10.2. The molecule has 23 heavy (non-hydrogen) atoms. The van der Waals surface area contributed by atoms with E-state index in [0.717, 1.165) is 48.5 Å². The van der Waals surface area contributed by atoms with Crippen LogP contribution in [0.15, 0.2) is 16.5 Å². The summed E-state index contributed by atoms with van der Waals surface area (Å²) in [5.74, 6) is 5.22. The number of hydrogen-bond acceptors (Lipinski definition) is 4. The van der Waals surface area contributed by atoms with Crippen LogP contribution in [0.2, 0.25) is 0 Å². The van der Waals surface area contributed by atoms with E-state index in [-0.39, 0.29) is 5.91 Å². The molecule has 1 aliphatic carbocycles. The number of rotatable bonds is 6. The standard InChI is InChI=1S/C17H22N4O2/c1-11-9-13(11)14-6-4-12(23-14)5-7-17(22)18-10-16-20-19-15-3-2-8-21(15)16/h4,6,11,13H,2-3,5,7-10H2,1H3,(H,18,22)/t11-,13-/m0/s1. The molecular formula is C17H22N4O2. The van der Waals surface area contributed by atoms with Crippen molar-refractivity contribution in [3.05, 3.63) is 35.3 Å². The predicted octanol–water partition coefficient (Wildman–Crippen LogP) is 2.19. The van der Waals surface area contributed by atoms with Gasteiger partial charge in [0.15, 0.2) is 5.82 Å². The normalized spacial score (nSPS) is 22.1. The number of nitrogens with zero attached hydrogens (tertiary/aromatic N) is 3. The van der Waals surface area contributed by atoms with Gasteiger partial charge in [-0.2, -0.15) is 0 Å². The first-order valence-corrected chi connectivity index (χ1v) is 8.47. The molecule has 0 radical (unpaired) electrons. The van der Waals surface area contributed by atoms with Crippen LogP contribution in [0.5, 0.6) is 0 Å². The summed E-state index contributed by atoms with van der Waals surface area (Å²) in [5.41, 5.74) is 0. The van der Waals surface area contributed by atoms with Gasteiger partial charge in [-0.25, -0.2) is 0 Å². The monoisotopic (exact) mass is 314 g/mol. The topological polar surface area (TPSA) is 73.0 Å². The van der Waals surface area contributed by atoms with E-state index in [1.165, 1.54) is 6.42 Å². The number of fused-ring (bicyclic) bond motifs is 1. The molecule has 0 spiro atoms. The summed E-state index contributed by atoms with van der Waals surface area (Å²) in [6.45, 7) is 3.65. The van der Waals surface area contributed by atoms with E-state index >= 15 is 0 Å². The van der Waals surface area contributed by atoms with Crippen LogP contribution in [0.3, 0.4) is 0 Å². The molecule has 0 aromatic carbocycles. The molecular weight excluding hydrogens is 292 g/mol. The summed E-state index contributed by atoms with van der Waals surface area (Å²) in [6.07, 6.45) is 4.41. The van der Waals surface area contributed by atoms with Gasteiger partial charge in [0, 0.05) is 31.7 Å². The summed E-state index contributed by atoms with van der Waals surface area (Å²) < 4.78 is 7.94. The van der Waals surface area contributed by atoms with Crippen molar-refractivity contribution < 1.29 is 9.21 Å². The number of hydrogen-bond donors (Lipinski definition) is 1. The third kappa shape index (κ3) is 3.02. The van der Waals surface area contributed by atoms with Gasteiger partial charge in [0.05, 0.1) is 6.54 Å². The first kappa shape index (κ1) is 14.5. The van der Waals surface area contributed by atoms with E-state index in [4.69, 9.17) is 4.42 Å². The molecule has 0 bridgehead atoms. The van der Waals surface area contributed by atoms with E-state index in [1.54, 1.807) is 0 Å². The lowest BCUT2D eigenvalue weighted by Gasteiger charge is -2.05. The summed E-state index contributed by atoms with van der Waals surface area (Å²) in [4.78, 5) is 12.0. The zero-order chi connectivity index (χ0) is 15.8. The predicted molar refractivity (Wildman–Crippen MR) is 83.7 cm³/mol. The summed E-state index contributed by atoms with van der Waals surface area (Å²) in [6, 6.07) is 4.06. The Bertz CT molecular complexity index is 718. The van der Waals surface area contributed by atoms with Crippen LogP contribution in [0.1, 0.15) is 55.3 Å². The minimum Gasteiger partial charge on any atom is -0.466 e. The van der Waals surface area contributed by atoms with Crippen molar-refractivity contribution in [1.29, 1.82) is 0 Å². The number of nitrogens with one attached hydrogen (secondary N) is 1. The van der Waals surface area contributed by atoms with E-state index in [0.29, 0.717) is 25.3 Å². The average Bonchev–Trinajstić information content (AvgIpc) is 2.97. The van der Waals surface area contributed by atoms with Crippen LogP contribution >= 0.6 is 0 Å². The first-order valence-electron chi connectivity index (χ1n) is 8.47. The molecule has 2 aliphatic rings. The zero-order valence-corrected chi connectivity index (χ0v) is 13.4. The molecule has 0 unspecified atom stereocenters. The maximum atomic E-state index is 12.0. The van der Waals surface area contributed by atoms with E-state index in [9.17, 15) is 4.79 Å². The first-order chi connectivity index (χ1) is 11.2. The number of carbonyl (C=O) groups excluding carboxylic acids is 1. The van der Waals surface area contributed by atoms with Crippen molar-refractivity contribution in [3.63, 3.8) is 0 Å². The second kappa shape index (κ2) is 5.83. The van der Waals surface area contributed by atoms with Gasteiger partial charge >= 0.3 is 0 Å². The largest absolute Gasteiger partial charge is 0.466 e. The van der Waals surface area contributed by atoms with Gasteiger partial charge in [0.2, 0.25) is 5.91 Å². The average molecular weight is 314 g/mol. The van der Waals surface area contributed by atoms with E-state index < -0.39 is 0 Å². The van der Waals surface area contributed by atoms with Gasteiger partial charge in [-0.1, -0.05) is 6.92 Å². The SMILES string of the molecule is C[C@H]1C[C@@H]1c1ccc(CCC(=O)NCc2nnc3n2CCC3)o1. The van der Waals surface area contributed by atoms with Crippen LogP contribution < -0.4 is 5.32 Å². The summed E-state index contributed by atoms with van der Waals surface area (Å²) in [7, 11) is 0. The maximum Gasteiger partial charge on any atom is 0.220 e. The smallest absolute Gasteiger partial charge is 0.220 e. The van der Waals surface area contributed by atoms with Gasteiger partial charge in [-0.15, -0.1) is 10.2 Å². The van der Waals surface area contributed by atoms with Gasteiger partial charge in [-0.05, 0) is 30.9 Å². The fourth-order valence-corrected chi connectivity index (χ4v) is 3.29. The molecule has 6 nitrogen and oxygen atoms in total. The highest BCUT2D eigenvalue weighted by Gasteiger charge is 2.36. The molecule has 1 aliphatic heterocycles. The molecule has 1 saturated carbocycles. The molecule has 1 amide bonds. The van der Waals surface area contributed by atoms with Crippen molar-refractivity contribution in [3.8, 4) is 0 Å². The van der Waals surface area contributed by atoms with Crippen molar-refractivity contribution in [1.82, 2.24) is 20.1 Å². The number of aromatic nitrogens is 3. The van der Waals surface area contributed by atoms with Crippen LogP contribution in [0.4, 0.5) is 0 Å². The second-order valence-corrected chi connectivity index (χ2v) is 6.69. The molecule has 4 rings (SSSR count). The lowest BCUT2D eigenvalue weighted by Crippen LogP contribution is -2.24. The number of furan rings is 1. The molecule has 2 atom stereocenters. The fourth-order valence-electron chi connectivity index (χ4n) is 3.29. The number of aryl methyl sites for hydroxylation is 2. The van der Waals surface area contributed by atoms with Crippen LogP contribution in [0.25, 0.3) is 0 Å². The highest BCUT2D eigenvalue weighted by Crippen LogP contribution is 2.47. The van der Waals surface area contributed by atoms with Crippen molar-refractivity contribution in [2.24, 2.45) is 5.92 Å². The summed E-state index contributed by atoms with van der Waals surface area (Å²) in [5, 5.41) is 11.2. The maximum absolute atomic E-state index is 12.0. The van der Waals surface area contributed by atoms with Crippen molar-refractivity contribution in [2.45, 2.75) is 58.0 Å². The Kier molecular flexibility index (Phi) is 3.67. The Hall–Kier alpha value is -2.11. The van der Waals surface area contributed by atoms with Gasteiger partial charge in [-0.3, -0.25) is 4.79 Å². The molecule has 2 aromatic heterocycles. The quantitative estimate of drug-likeness (QED) is 0.887.